The van der Waals surface area contributed by atoms with E-state index in [-0.39, 0.29) is 4.34 Å². The average molecular weight is 243 g/mol. The first kappa shape index (κ1) is 8.09. The lowest BCUT2D eigenvalue weighted by molar-refractivity contribution is 0.600. The number of hydrogen-bond acceptors (Lipinski definition) is 5. The van der Waals surface area contributed by atoms with Crippen molar-refractivity contribution in [3.05, 3.63) is 3.92 Å². The number of aromatic nitrogens is 2. The Morgan fingerprint density at radius 3 is 2.30 bits per heavy atom. The van der Waals surface area contributed by atoms with Crippen molar-refractivity contribution >= 4 is 37.1 Å². The van der Waals surface area contributed by atoms with Crippen molar-refractivity contribution in [1.29, 1.82) is 0 Å². The van der Waals surface area contributed by atoms with Crippen LogP contribution in [0.15, 0.2) is 8.26 Å². The van der Waals surface area contributed by atoms with E-state index in [9.17, 15) is 8.42 Å². The van der Waals surface area contributed by atoms with E-state index in [1.54, 1.807) is 0 Å². The molecule has 0 aliphatic heterocycles. The Morgan fingerprint density at radius 1 is 1.50 bits per heavy atom. The topological polar surface area (TPSA) is 59.9 Å². The van der Waals surface area contributed by atoms with Crippen LogP contribution in [0.2, 0.25) is 0 Å². The van der Waals surface area contributed by atoms with E-state index >= 15 is 0 Å². The SMILES string of the molecule is CS(=O)(=O)c1nnc(Br)s1. The fraction of sp³-hybridized carbons (Fsp3) is 0.333. The number of nitrogens with zero attached hydrogens (tertiary/aromatic N) is 2. The number of hydrogen-bond donors (Lipinski definition) is 0. The summed E-state index contributed by atoms with van der Waals surface area (Å²) in [6.45, 7) is 0. The van der Waals surface area contributed by atoms with E-state index in [1.807, 2.05) is 0 Å². The average Bonchev–Trinajstić information content (AvgIpc) is 2.11. The van der Waals surface area contributed by atoms with Crippen molar-refractivity contribution in [2.45, 2.75) is 4.34 Å². The zero-order valence-corrected chi connectivity index (χ0v) is 8.12. The molecular formula is C3H3BrN2O2S2. The Kier molecular flexibility index (Phi) is 2.07. The highest BCUT2D eigenvalue weighted by Crippen LogP contribution is 2.19. The summed E-state index contributed by atoms with van der Waals surface area (Å²) in [7, 11) is -3.17. The summed E-state index contributed by atoms with van der Waals surface area (Å²) in [5.74, 6) is 0. The maximum Gasteiger partial charge on any atom is 0.233 e. The van der Waals surface area contributed by atoms with Crippen molar-refractivity contribution in [3.8, 4) is 0 Å². The summed E-state index contributed by atoms with van der Waals surface area (Å²) in [5.41, 5.74) is 0. The van der Waals surface area contributed by atoms with E-state index in [2.05, 4.69) is 26.1 Å². The first-order valence-corrected chi connectivity index (χ1v) is 5.69. The molecule has 1 aromatic heterocycles. The van der Waals surface area contributed by atoms with Gasteiger partial charge in [0.2, 0.25) is 14.2 Å². The second kappa shape index (κ2) is 2.55. The minimum atomic E-state index is -3.17. The smallest absolute Gasteiger partial charge is 0.221 e. The van der Waals surface area contributed by atoms with Gasteiger partial charge in [0.25, 0.3) is 0 Å². The van der Waals surface area contributed by atoms with Gasteiger partial charge in [-0.15, -0.1) is 10.2 Å². The van der Waals surface area contributed by atoms with Crippen LogP contribution < -0.4 is 0 Å². The molecule has 0 bridgehead atoms. The van der Waals surface area contributed by atoms with Crippen LogP contribution in [0.3, 0.4) is 0 Å². The molecule has 1 rings (SSSR count). The molecule has 0 atom stereocenters. The van der Waals surface area contributed by atoms with Crippen LogP contribution in [0.1, 0.15) is 0 Å². The zero-order chi connectivity index (χ0) is 7.78. The fourth-order valence-corrected chi connectivity index (χ4v) is 2.54. The van der Waals surface area contributed by atoms with Crippen LogP contribution >= 0.6 is 27.3 Å². The van der Waals surface area contributed by atoms with E-state index in [0.717, 1.165) is 17.6 Å². The first-order chi connectivity index (χ1) is 4.50. The lowest BCUT2D eigenvalue weighted by Gasteiger charge is -1.83. The summed E-state index contributed by atoms with van der Waals surface area (Å²) in [4.78, 5) is 0. The van der Waals surface area contributed by atoms with Gasteiger partial charge in [-0.25, -0.2) is 8.42 Å². The molecule has 0 aliphatic carbocycles. The number of sulfone groups is 1. The first-order valence-electron chi connectivity index (χ1n) is 2.19. The van der Waals surface area contributed by atoms with Gasteiger partial charge in [-0.05, 0) is 15.9 Å². The fourth-order valence-electron chi connectivity index (χ4n) is 0.343. The van der Waals surface area contributed by atoms with E-state index < -0.39 is 9.84 Å². The van der Waals surface area contributed by atoms with Gasteiger partial charge in [0.05, 0.1) is 0 Å². The molecule has 0 radical (unpaired) electrons. The van der Waals surface area contributed by atoms with Crippen molar-refractivity contribution in [1.82, 2.24) is 10.2 Å². The second-order valence-electron chi connectivity index (χ2n) is 1.59. The molecule has 10 heavy (non-hydrogen) atoms. The Morgan fingerprint density at radius 2 is 2.10 bits per heavy atom. The standard InChI is InChI=1S/C3H3BrN2O2S2/c1-10(7,8)3-6-5-2(4)9-3/h1H3. The molecule has 0 aromatic carbocycles. The summed E-state index contributed by atoms with van der Waals surface area (Å²) in [6.07, 6.45) is 1.10. The van der Waals surface area contributed by atoms with Crippen LogP contribution in [-0.2, 0) is 9.84 Å². The Labute approximate surface area is 70.3 Å². The maximum atomic E-state index is 10.7. The van der Waals surface area contributed by atoms with Crippen molar-refractivity contribution < 1.29 is 8.42 Å². The third-order valence-electron chi connectivity index (χ3n) is 0.699. The molecule has 7 heteroatoms. The molecule has 0 N–H and O–H groups in total. The van der Waals surface area contributed by atoms with Gasteiger partial charge < -0.3 is 0 Å². The summed E-state index contributed by atoms with van der Waals surface area (Å²) in [6, 6.07) is 0. The van der Waals surface area contributed by atoms with Gasteiger partial charge in [-0.2, -0.15) is 0 Å². The third-order valence-corrected chi connectivity index (χ3v) is 3.72. The highest BCUT2D eigenvalue weighted by atomic mass is 79.9. The van der Waals surface area contributed by atoms with Gasteiger partial charge in [-0.3, -0.25) is 0 Å². The summed E-state index contributed by atoms with van der Waals surface area (Å²) < 4.78 is 22.0. The molecule has 1 aromatic rings. The molecule has 0 unspecified atom stereocenters. The zero-order valence-electron chi connectivity index (χ0n) is 4.91. The van der Waals surface area contributed by atoms with Gasteiger partial charge in [0, 0.05) is 6.26 Å². The van der Waals surface area contributed by atoms with Crippen molar-refractivity contribution in [2.24, 2.45) is 0 Å². The predicted octanol–water partition coefficient (Wildman–Crippen LogP) is 0.704. The maximum absolute atomic E-state index is 10.7. The van der Waals surface area contributed by atoms with Crippen molar-refractivity contribution in [3.63, 3.8) is 0 Å². The molecule has 56 valence electrons. The molecule has 0 amide bonds. The highest BCUT2D eigenvalue weighted by molar-refractivity contribution is 9.11. The lowest BCUT2D eigenvalue weighted by Crippen LogP contribution is -1.95. The molecule has 0 aliphatic rings. The van der Waals surface area contributed by atoms with Gasteiger partial charge in [0.15, 0.2) is 3.92 Å². The molecule has 0 spiro atoms. The Hall–Kier alpha value is -0.0100. The summed E-state index contributed by atoms with van der Waals surface area (Å²) >= 11 is 4.01. The van der Waals surface area contributed by atoms with Gasteiger partial charge in [0.1, 0.15) is 0 Å². The minimum Gasteiger partial charge on any atom is -0.221 e. The van der Waals surface area contributed by atoms with Gasteiger partial charge in [-0.1, -0.05) is 11.3 Å². The second-order valence-corrected chi connectivity index (χ2v) is 6.04. The van der Waals surface area contributed by atoms with Gasteiger partial charge >= 0.3 is 0 Å². The Balaban J connectivity index is 3.21. The largest absolute Gasteiger partial charge is 0.233 e. The van der Waals surface area contributed by atoms with Crippen LogP contribution in [-0.4, -0.2) is 24.9 Å². The summed E-state index contributed by atoms with van der Waals surface area (Å²) in [5, 5.41) is 6.91. The van der Waals surface area contributed by atoms with Crippen LogP contribution in [0.4, 0.5) is 0 Å². The van der Waals surface area contributed by atoms with E-state index in [1.165, 1.54) is 0 Å². The van der Waals surface area contributed by atoms with Crippen LogP contribution in [0.5, 0.6) is 0 Å². The monoisotopic (exact) mass is 242 g/mol. The van der Waals surface area contributed by atoms with Crippen LogP contribution in [0.25, 0.3) is 0 Å². The van der Waals surface area contributed by atoms with Crippen molar-refractivity contribution in [2.75, 3.05) is 6.26 Å². The highest BCUT2D eigenvalue weighted by Gasteiger charge is 2.12. The predicted molar refractivity (Wildman–Crippen MR) is 40.7 cm³/mol. The number of halogens is 1. The lowest BCUT2D eigenvalue weighted by atomic mass is 11.6. The van der Waals surface area contributed by atoms with E-state index in [0.29, 0.717) is 3.92 Å². The van der Waals surface area contributed by atoms with E-state index in [4.69, 9.17) is 0 Å². The third kappa shape index (κ3) is 1.74. The quantitative estimate of drug-likeness (QED) is 0.728. The molecule has 1 heterocycles. The number of rotatable bonds is 1. The minimum absolute atomic E-state index is 0.0411. The Bertz CT molecular complexity index is 330. The molecule has 0 saturated heterocycles. The van der Waals surface area contributed by atoms with Crippen LogP contribution in [0, 0.1) is 0 Å². The molecule has 4 nitrogen and oxygen atoms in total. The molecule has 0 saturated carbocycles. The molecular weight excluding hydrogens is 240 g/mol. The normalized spacial score (nSPS) is 11.8. The molecule has 0 fully saturated rings.